The van der Waals surface area contributed by atoms with E-state index in [2.05, 4.69) is 26.4 Å². The predicted molar refractivity (Wildman–Crippen MR) is 112 cm³/mol. The molecular formula is C21H26N6O3. The van der Waals surface area contributed by atoms with Gasteiger partial charge in [-0.2, -0.15) is 5.10 Å². The minimum absolute atomic E-state index is 0.0576. The number of ether oxygens (including phenoxy) is 1. The number of amides is 1. The van der Waals surface area contributed by atoms with Gasteiger partial charge in [0, 0.05) is 13.6 Å². The lowest BCUT2D eigenvalue weighted by Crippen LogP contribution is -2.39. The predicted octanol–water partition coefficient (Wildman–Crippen LogP) is 1.09. The molecule has 1 aliphatic rings. The van der Waals surface area contributed by atoms with Gasteiger partial charge in [0.1, 0.15) is 24.0 Å². The molecule has 0 saturated carbocycles. The van der Waals surface area contributed by atoms with Gasteiger partial charge >= 0.3 is 0 Å². The van der Waals surface area contributed by atoms with Gasteiger partial charge in [0.15, 0.2) is 5.65 Å². The van der Waals surface area contributed by atoms with Crippen LogP contribution in [0.1, 0.15) is 24.4 Å². The highest BCUT2D eigenvalue weighted by atomic mass is 16.5. The van der Waals surface area contributed by atoms with Crippen LogP contribution in [0.4, 0.5) is 0 Å². The van der Waals surface area contributed by atoms with Gasteiger partial charge in [-0.25, -0.2) is 4.98 Å². The first kappa shape index (κ1) is 20.1. The quantitative estimate of drug-likeness (QED) is 0.627. The van der Waals surface area contributed by atoms with Crippen LogP contribution in [0.2, 0.25) is 0 Å². The smallest absolute Gasteiger partial charge is 0.264 e. The van der Waals surface area contributed by atoms with Crippen LogP contribution in [0.5, 0.6) is 5.75 Å². The van der Waals surface area contributed by atoms with Gasteiger partial charge in [-0.15, -0.1) is 0 Å². The fraction of sp³-hybridized carbons (Fsp3) is 0.429. The van der Waals surface area contributed by atoms with E-state index in [-0.39, 0.29) is 24.1 Å². The van der Waals surface area contributed by atoms with Crippen molar-refractivity contribution >= 4 is 16.9 Å². The first-order valence-electron chi connectivity index (χ1n) is 10.1. The van der Waals surface area contributed by atoms with Crippen molar-refractivity contribution < 1.29 is 9.53 Å². The van der Waals surface area contributed by atoms with E-state index in [1.807, 2.05) is 18.2 Å². The summed E-state index contributed by atoms with van der Waals surface area (Å²) in [5.74, 6) is 0.569. The summed E-state index contributed by atoms with van der Waals surface area (Å²) in [6.45, 7) is 2.38. The number of likely N-dealkylation sites (tertiary alicyclic amines) is 1. The molecular weight excluding hydrogens is 384 g/mol. The number of hydrogen-bond donors (Lipinski definition) is 1. The summed E-state index contributed by atoms with van der Waals surface area (Å²) in [6.07, 6.45) is 5.18. The normalized spacial score (nSPS) is 15.4. The summed E-state index contributed by atoms with van der Waals surface area (Å²) in [4.78, 5) is 31.8. The van der Waals surface area contributed by atoms with Gasteiger partial charge in [-0.1, -0.05) is 12.1 Å². The standard InChI is InChI=1S/C21H26N6O3/c1-25-20-17(11-24-25)21(29)27(14-23-20)13-19(28)22-12-18(26-8-3-4-9-26)15-6-5-7-16(10-15)30-2/h5-7,10-11,14,18H,3-4,8-9,12-13H2,1-2H3,(H,22,28). The van der Waals surface area contributed by atoms with Gasteiger partial charge < -0.3 is 10.1 Å². The number of carbonyl (C=O) groups excluding carboxylic acids is 1. The third-order valence-electron chi connectivity index (χ3n) is 5.58. The van der Waals surface area contributed by atoms with Crippen molar-refractivity contribution in [2.75, 3.05) is 26.7 Å². The van der Waals surface area contributed by atoms with E-state index in [9.17, 15) is 9.59 Å². The topological polar surface area (TPSA) is 94.3 Å². The van der Waals surface area contributed by atoms with E-state index in [0.29, 0.717) is 17.6 Å². The van der Waals surface area contributed by atoms with Crippen molar-refractivity contribution in [3.05, 3.63) is 52.7 Å². The Morgan fingerprint density at radius 3 is 2.87 bits per heavy atom. The fourth-order valence-electron chi connectivity index (χ4n) is 3.96. The molecule has 9 nitrogen and oxygen atoms in total. The lowest BCUT2D eigenvalue weighted by molar-refractivity contribution is -0.122. The number of hydrogen-bond acceptors (Lipinski definition) is 6. The molecule has 0 spiro atoms. The van der Waals surface area contributed by atoms with E-state index < -0.39 is 0 Å². The molecule has 3 heterocycles. The van der Waals surface area contributed by atoms with Gasteiger partial charge in [0.05, 0.1) is 19.3 Å². The Balaban J connectivity index is 1.47. The van der Waals surface area contributed by atoms with Crippen LogP contribution in [0.3, 0.4) is 0 Å². The second-order valence-corrected chi connectivity index (χ2v) is 7.52. The van der Waals surface area contributed by atoms with Crippen molar-refractivity contribution in [3.63, 3.8) is 0 Å². The molecule has 1 aromatic carbocycles. The summed E-state index contributed by atoms with van der Waals surface area (Å²) in [6, 6.07) is 8.01. The maximum Gasteiger partial charge on any atom is 0.264 e. The van der Waals surface area contributed by atoms with Crippen LogP contribution in [-0.2, 0) is 18.4 Å². The third-order valence-corrected chi connectivity index (χ3v) is 5.58. The van der Waals surface area contributed by atoms with E-state index in [1.165, 1.54) is 21.8 Å². The van der Waals surface area contributed by atoms with Crippen molar-refractivity contribution in [1.29, 1.82) is 0 Å². The van der Waals surface area contributed by atoms with E-state index >= 15 is 0 Å². The van der Waals surface area contributed by atoms with Crippen LogP contribution < -0.4 is 15.6 Å². The summed E-state index contributed by atoms with van der Waals surface area (Å²) >= 11 is 0. The average Bonchev–Trinajstić information content (AvgIpc) is 3.41. The summed E-state index contributed by atoms with van der Waals surface area (Å²) in [7, 11) is 3.37. The summed E-state index contributed by atoms with van der Waals surface area (Å²) in [5, 5.41) is 7.45. The molecule has 0 bridgehead atoms. The van der Waals surface area contributed by atoms with Crippen LogP contribution in [0.15, 0.2) is 41.6 Å². The fourth-order valence-corrected chi connectivity index (χ4v) is 3.96. The number of nitrogens with zero attached hydrogens (tertiary/aromatic N) is 5. The second-order valence-electron chi connectivity index (χ2n) is 7.52. The molecule has 1 aliphatic heterocycles. The lowest BCUT2D eigenvalue weighted by Gasteiger charge is -2.28. The maximum atomic E-state index is 12.6. The molecule has 1 atom stereocenters. The number of methoxy groups -OCH3 is 1. The highest BCUT2D eigenvalue weighted by molar-refractivity contribution is 5.77. The zero-order chi connectivity index (χ0) is 21.1. The van der Waals surface area contributed by atoms with Crippen molar-refractivity contribution in [3.8, 4) is 5.75 Å². The molecule has 158 valence electrons. The highest BCUT2D eigenvalue weighted by Crippen LogP contribution is 2.27. The lowest BCUT2D eigenvalue weighted by atomic mass is 10.0. The first-order chi connectivity index (χ1) is 14.6. The Morgan fingerprint density at radius 1 is 1.30 bits per heavy atom. The molecule has 1 N–H and O–H groups in total. The molecule has 1 amide bonds. The Bertz CT molecular complexity index is 1100. The summed E-state index contributed by atoms with van der Waals surface area (Å²) < 4.78 is 8.22. The van der Waals surface area contributed by atoms with Crippen molar-refractivity contribution in [1.82, 2.24) is 29.5 Å². The van der Waals surface area contributed by atoms with Crippen LogP contribution in [0.25, 0.3) is 11.0 Å². The molecule has 1 fully saturated rings. The Labute approximate surface area is 174 Å². The van der Waals surface area contributed by atoms with Gasteiger partial charge in [0.25, 0.3) is 5.56 Å². The Kier molecular flexibility index (Phi) is 5.80. The minimum atomic E-state index is -0.271. The Hall–Kier alpha value is -3.20. The number of aromatic nitrogens is 4. The van der Waals surface area contributed by atoms with Crippen LogP contribution >= 0.6 is 0 Å². The number of carbonyl (C=O) groups is 1. The van der Waals surface area contributed by atoms with Crippen LogP contribution in [0, 0.1) is 0 Å². The molecule has 9 heteroatoms. The molecule has 30 heavy (non-hydrogen) atoms. The van der Waals surface area contributed by atoms with Crippen molar-refractivity contribution in [2.24, 2.45) is 7.05 Å². The van der Waals surface area contributed by atoms with Gasteiger partial charge in [0.2, 0.25) is 5.91 Å². The average molecular weight is 410 g/mol. The molecule has 4 rings (SSSR count). The Morgan fingerprint density at radius 2 is 2.10 bits per heavy atom. The summed E-state index contributed by atoms with van der Waals surface area (Å²) in [5.41, 5.74) is 1.34. The largest absolute Gasteiger partial charge is 0.497 e. The number of aryl methyl sites for hydroxylation is 1. The van der Waals surface area contributed by atoms with E-state index in [4.69, 9.17) is 4.74 Å². The van der Waals surface area contributed by atoms with Gasteiger partial charge in [-0.05, 0) is 43.6 Å². The molecule has 1 unspecified atom stereocenters. The molecule has 3 aromatic rings. The molecule has 0 radical (unpaired) electrons. The van der Waals surface area contributed by atoms with Gasteiger partial charge in [-0.3, -0.25) is 23.7 Å². The van der Waals surface area contributed by atoms with Crippen LogP contribution in [-0.4, -0.2) is 56.9 Å². The zero-order valence-corrected chi connectivity index (χ0v) is 17.2. The third kappa shape index (κ3) is 4.06. The molecule has 2 aromatic heterocycles. The SMILES string of the molecule is COc1cccc(C(CNC(=O)Cn2cnc3c(cnn3C)c2=O)N2CCCC2)c1. The monoisotopic (exact) mass is 410 g/mol. The molecule has 1 saturated heterocycles. The number of rotatable bonds is 7. The highest BCUT2D eigenvalue weighted by Gasteiger charge is 2.24. The molecule has 0 aliphatic carbocycles. The number of fused-ring (bicyclic) bond motifs is 1. The minimum Gasteiger partial charge on any atom is -0.497 e. The van der Waals surface area contributed by atoms with Crippen molar-refractivity contribution in [2.45, 2.75) is 25.4 Å². The number of nitrogens with one attached hydrogen (secondary N) is 1. The number of benzene rings is 1. The first-order valence-corrected chi connectivity index (χ1v) is 10.1. The van der Waals surface area contributed by atoms with E-state index in [0.717, 1.165) is 37.2 Å². The zero-order valence-electron chi connectivity index (χ0n) is 17.2. The van der Waals surface area contributed by atoms with E-state index in [1.54, 1.807) is 14.2 Å². The second kappa shape index (κ2) is 8.66. The maximum absolute atomic E-state index is 12.6.